The number of hydrogen-bond acceptors (Lipinski definition) is 4. The van der Waals surface area contributed by atoms with E-state index < -0.39 is 6.10 Å². The molecular formula is C10H18O4. The largest absolute Gasteiger partial charge is 0.463 e. The summed E-state index contributed by atoms with van der Waals surface area (Å²) in [6, 6.07) is 0. The molecule has 0 amide bonds. The zero-order chi connectivity index (χ0) is 10.8. The molecule has 0 fully saturated rings. The third-order valence-electron chi connectivity index (χ3n) is 1.44. The van der Waals surface area contributed by atoms with Crippen molar-refractivity contribution in [3.05, 3.63) is 12.7 Å². The van der Waals surface area contributed by atoms with E-state index in [-0.39, 0.29) is 19.2 Å². The van der Waals surface area contributed by atoms with E-state index in [4.69, 9.17) is 9.47 Å². The van der Waals surface area contributed by atoms with Crippen LogP contribution in [0.25, 0.3) is 0 Å². The maximum Gasteiger partial charge on any atom is 0.305 e. The van der Waals surface area contributed by atoms with E-state index in [2.05, 4.69) is 6.58 Å². The number of aliphatic hydroxyl groups excluding tert-OH is 1. The Morgan fingerprint density at radius 2 is 2.29 bits per heavy atom. The van der Waals surface area contributed by atoms with Crippen LogP contribution >= 0.6 is 0 Å². The lowest BCUT2D eigenvalue weighted by Gasteiger charge is -2.10. The fourth-order valence-electron chi connectivity index (χ4n) is 0.801. The number of esters is 1. The molecule has 0 aliphatic heterocycles. The molecular weight excluding hydrogens is 184 g/mol. The van der Waals surface area contributed by atoms with Gasteiger partial charge in [-0.1, -0.05) is 13.0 Å². The standard InChI is InChI=1S/C10H18O4/c1-3-5-10(12)14-8-9(11)7-13-6-4-2/h4,9,11H,2-3,5-8H2,1H3. The van der Waals surface area contributed by atoms with Crippen molar-refractivity contribution in [1.29, 1.82) is 0 Å². The lowest BCUT2D eigenvalue weighted by molar-refractivity contribution is -0.147. The van der Waals surface area contributed by atoms with Crippen LogP contribution in [0.15, 0.2) is 12.7 Å². The van der Waals surface area contributed by atoms with Crippen LogP contribution in [0.5, 0.6) is 0 Å². The third kappa shape index (κ3) is 7.76. The molecule has 82 valence electrons. The molecule has 14 heavy (non-hydrogen) atoms. The summed E-state index contributed by atoms with van der Waals surface area (Å²) in [6.45, 7) is 5.90. The number of ether oxygens (including phenoxy) is 2. The molecule has 0 spiro atoms. The SMILES string of the molecule is C=CCOCC(O)COC(=O)CCC. The second kappa shape index (κ2) is 8.72. The minimum atomic E-state index is -0.754. The molecule has 1 N–H and O–H groups in total. The summed E-state index contributed by atoms with van der Waals surface area (Å²) in [7, 11) is 0. The highest BCUT2D eigenvalue weighted by Crippen LogP contribution is 1.94. The second-order valence-electron chi connectivity index (χ2n) is 2.91. The van der Waals surface area contributed by atoms with Crippen LogP contribution < -0.4 is 0 Å². The van der Waals surface area contributed by atoms with E-state index in [0.29, 0.717) is 13.0 Å². The van der Waals surface area contributed by atoms with E-state index in [1.165, 1.54) is 0 Å². The van der Waals surface area contributed by atoms with Crippen molar-refractivity contribution in [2.75, 3.05) is 19.8 Å². The van der Waals surface area contributed by atoms with Gasteiger partial charge in [-0.3, -0.25) is 4.79 Å². The highest BCUT2D eigenvalue weighted by atomic mass is 16.5. The van der Waals surface area contributed by atoms with Crippen molar-refractivity contribution >= 4 is 5.97 Å². The molecule has 0 aliphatic rings. The molecule has 4 nitrogen and oxygen atoms in total. The molecule has 0 rings (SSSR count). The summed E-state index contributed by atoms with van der Waals surface area (Å²) in [6.07, 6.45) is 1.98. The van der Waals surface area contributed by atoms with Crippen molar-refractivity contribution in [1.82, 2.24) is 0 Å². The third-order valence-corrected chi connectivity index (χ3v) is 1.44. The molecule has 0 radical (unpaired) electrons. The Morgan fingerprint density at radius 1 is 1.57 bits per heavy atom. The van der Waals surface area contributed by atoms with E-state index >= 15 is 0 Å². The summed E-state index contributed by atoms with van der Waals surface area (Å²) < 4.78 is 9.76. The van der Waals surface area contributed by atoms with Gasteiger partial charge in [0.05, 0.1) is 13.2 Å². The normalized spacial score (nSPS) is 12.1. The summed E-state index contributed by atoms with van der Waals surface area (Å²) in [4.78, 5) is 10.9. The molecule has 0 aromatic carbocycles. The maximum absolute atomic E-state index is 10.9. The molecule has 0 heterocycles. The molecule has 0 saturated carbocycles. The van der Waals surface area contributed by atoms with Crippen molar-refractivity contribution in [3.63, 3.8) is 0 Å². The van der Waals surface area contributed by atoms with Gasteiger partial charge in [-0.25, -0.2) is 0 Å². The Bertz CT molecular complexity index is 168. The Labute approximate surface area is 84.5 Å². The highest BCUT2D eigenvalue weighted by molar-refractivity contribution is 5.69. The first-order valence-electron chi connectivity index (χ1n) is 4.73. The van der Waals surface area contributed by atoms with Crippen molar-refractivity contribution in [2.45, 2.75) is 25.9 Å². The van der Waals surface area contributed by atoms with Crippen LogP contribution in [0.4, 0.5) is 0 Å². The predicted molar refractivity (Wildman–Crippen MR) is 52.9 cm³/mol. The van der Waals surface area contributed by atoms with Crippen LogP contribution in [0.3, 0.4) is 0 Å². The van der Waals surface area contributed by atoms with Crippen LogP contribution in [0.2, 0.25) is 0 Å². The monoisotopic (exact) mass is 202 g/mol. The Balaban J connectivity index is 3.38. The van der Waals surface area contributed by atoms with Gasteiger partial charge in [-0.2, -0.15) is 0 Å². The lowest BCUT2D eigenvalue weighted by Crippen LogP contribution is -2.23. The molecule has 0 bridgehead atoms. The highest BCUT2D eigenvalue weighted by Gasteiger charge is 2.07. The van der Waals surface area contributed by atoms with Crippen LogP contribution in [0, 0.1) is 0 Å². The number of carbonyl (C=O) groups excluding carboxylic acids is 1. The zero-order valence-corrected chi connectivity index (χ0v) is 8.57. The van der Waals surface area contributed by atoms with E-state index in [1.807, 2.05) is 6.92 Å². The van der Waals surface area contributed by atoms with E-state index in [1.54, 1.807) is 6.08 Å². The van der Waals surface area contributed by atoms with Gasteiger partial charge < -0.3 is 14.6 Å². The average molecular weight is 202 g/mol. The van der Waals surface area contributed by atoms with Gasteiger partial charge in [-0.15, -0.1) is 6.58 Å². The first kappa shape index (κ1) is 13.1. The molecule has 0 saturated heterocycles. The Kier molecular flexibility index (Phi) is 8.17. The van der Waals surface area contributed by atoms with E-state index in [0.717, 1.165) is 6.42 Å². The van der Waals surface area contributed by atoms with E-state index in [9.17, 15) is 9.90 Å². The smallest absolute Gasteiger partial charge is 0.305 e. The number of rotatable bonds is 8. The number of hydrogen-bond donors (Lipinski definition) is 1. The fraction of sp³-hybridized carbons (Fsp3) is 0.700. The van der Waals surface area contributed by atoms with Crippen LogP contribution in [-0.2, 0) is 14.3 Å². The zero-order valence-electron chi connectivity index (χ0n) is 8.57. The van der Waals surface area contributed by atoms with Crippen molar-refractivity contribution < 1.29 is 19.4 Å². The molecule has 0 aromatic heterocycles. The molecule has 1 atom stereocenters. The van der Waals surface area contributed by atoms with Crippen molar-refractivity contribution in [3.8, 4) is 0 Å². The molecule has 1 unspecified atom stereocenters. The number of carbonyl (C=O) groups is 1. The van der Waals surface area contributed by atoms with Gasteiger partial charge >= 0.3 is 5.97 Å². The summed E-state index contributed by atoms with van der Waals surface area (Å²) >= 11 is 0. The molecule has 0 aliphatic carbocycles. The molecule has 4 heteroatoms. The van der Waals surface area contributed by atoms with Crippen molar-refractivity contribution in [2.24, 2.45) is 0 Å². The maximum atomic E-state index is 10.9. The Morgan fingerprint density at radius 3 is 2.86 bits per heavy atom. The second-order valence-corrected chi connectivity index (χ2v) is 2.91. The van der Waals surface area contributed by atoms with Gasteiger partial charge in [0.1, 0.15) is 12.7 Å². The summed E-state index contributed by atoms with van der Waals surface area (Å²) in [5, 5.41) is 9.26. The van der Waals surface area contributed by atoms with Gasteiger partial charge in [0.25, 0.3) is 0 Å². The summed E-state index contributed by atoms with van der Waals surface area (Å²) in [5.74, 6) is -0.282. The quantitative estimate of drug-likeness (QED) is 0.361. The first-order valence-corrected chi connectivity index (χ1v) is 4.73. The van der Waals surface area contributed by atoms with Crippen LogP contribution in [-0.4, -0.2) is 37.0 Å². The number of aliphatic hydroxyl groups is 1. The minimum Gasteiger partial charge on any atom is -0.463 e. The van der Waals surface area contributed by atoms with Crippen LogP contribution in [0.1, 0.15) is 19.8 Å². The fourth-order valence-corrected chi connectivity index (χ4v) is 0.801. The van der Waals surface area contributed by atoms with Gasteiger partial charge in [0.15, 0.2) is 0 Å². The first-order chi connectivity index (χ1) is 6.70. The average Bonchev–Trinajstić information content (AvgIpc) is 2.16. The van der Waals surface area contributed by atoms with Gasteiger partial charge in [0.2, 0.25) is 0 Å². The van der Waals surface area contributed by atoms with Gasteiger partial charge in [0, 0.05) is 6.42 Å². The predicted octanol–water partition coefficient (Wildman–Crippen LogP) is 0.893. The van der Waals surface area contributed by atoms with Gasteiger partial charge in [-0.05, 0) is 6.42 Å². The Hall–Kier alpha value is -0.870. The summed E-state index contributed by atoms with van der Waals surface area (Å²) in [5.41, 5.74) is 0. The molecule has 0 aromatic rings. The lowest BCUT2D eigenvalue weighted by atomic mass is 10.3. The minimum absolute atomic E-state index is 0.00399. The topological polar surface area (TPSA) is 55.8 Å².